The van der Waals surface area contributed by atoms with E-state index in [0.29, 0.717) is 30.5 Å². The highest BCUT2D eigenvalue weighted by Gasteiger charge is 2.22. The van der Waals surface area contributed by atoms with Crippen LogP contribution in [-0.2, 0) is 25.9 Å². The third-order valence-electron chi connectivity index (χ3n) is 5.16. The van der Waals surface area contributed by atoms with Gasteiger partial charge < -0.3 is 14.5 Å². The fourth-order valence-electron chi connectivity index (χ4n) is 3.38. The second-order valence-corrected chi connectivity index (χ2v) is 9.83. The first kappa shape index (κ1) is 25.1. The number of carboxylic acids is 1. The third-order valence-corrected chi connectivity index (χ3v) is 6.29. The molecule has 0 aliphatic rings. The van der Waals surface area contributed by atoms with Crippen molar-refractivity contribution in [3.05, 3.63) is 84.2 Å². The van der Waals surface area contributed by atoms with Gasteiger partial charge in [-0.3, -0.25) is 4.79 Å². The lowest BCUT2D eigenvalue weighted by Crippen LogP contribution is -2.23. The van der Waals surface area contributed by atoms with E-state index in [0.717, 1.165) is 11.8 Å². The molecule has 0 bridgehead atoms. The smallest absolute Gasteiger partial charge is 0.303 e. The Hall–Kier alpha value is -3.53. The Balaban J connectivity index is 1.89. The first-order valence-corrected chi connectivity index (χ1v) is 12.6. The van der Waals surface area contributed by atoms with Crippen LogP contribution in [-0.4, -0.2) is 47.6 Å². The molecule has 2 aromatic carbocycles. The Kier molecular flexibility index (Phi) is 8.53. The van der Waals surface area contributed by atoms with E-state index in [1.165, 1.54) is 12.1 Å². The zero-order chi connectivity index (χ0) is 24.6. The predicted molar refractivity (Wildman–Crippen MR) is 125 cm³/mol. The van der Waals surface area contributed by atoms with E-state index in [1.807, 2.05) is 4.57 Å². The number of unbranched alkanes of at least 4 members (excludes halogenated alkanes) is 1. The average Bonchev–Trinajstić information content (AvgIpc) is 3.32. The molecule has 1 N–H and O–H groups in total. The molecule has 1 atom stereocenters. The van der Waals surface area contributed by atoms with Crippen molar-refractivity contribution in [1.82, 2.24) is 9.55 Å². The summed E-state index contributed by atoms with van der Waals surface area (Å²) in [5, 5.41) is 13.1. The van der Waals surface area contributed by atoms with Crippen molar-refractivity contribution >= 4 is 21.5 Å². The fraction of sp³-hybridized carbons (Fsp3) is 0.292. The molecule has 0 radical (unpaired) electrons. The quantitative estimate of drug-likeness (QED) is 0.236. The first-order valence-electron chi connectivity index (χ1n) is 10.7. The van der Waals surface area contributed by atoms with Gasteiger partial charge in [-0.15, -0.1) is 0 Å². The number of carboxylic acid groups (broad SMARTS) is 1. The first-order chi connectivity index (χ1) is 16.2. The van der Waals surface area contributed by atoms with Crippen molar-refractivity contribution < 1.29 is 27.5 Å². The normalized spacial score (nSPS) is 12.9. The second-order valence-electron chi connectivity index (χ2n) is 7.81. The number of aliphatic carboxylic acids is 1. The van der Waals surface area contributed by atoms with Gasteiger partial charge in [0.15, 0.2) is 9.84 Å². The maximum Gasteiger partial charge on any atom is 0.303 e. The monoisotopic (exact) mass is 487 g/mol. The van der Waals surface area contributed by atoms with Crippen molar-refractivity contribution in [3.8, 4) is 0 Å². The minimum atomic E-state index is -3.31. The molecule has 0 fully saturated rings. The minimum Gasteiger partial charge on any atom is -0.481 e. The largest absolute Gasteiger partial charge is 0.481 e. The highest BCUT2D eigenvalue weighted by Crippen LogP contribution is 2.23. The Morgan fingerprint density at radius 3 is 2.44 bits per heavy atom. The van der Waals surface area contributed by atoms with Crippen molar-refractivity contribution in [2.45, 2.75) is 36.6 Å². The van der Waals surface area contributed by atoms with Gasteiger partial charge in [0, 0.05) is 30.6 Å². The SMILES string of the molecule is CS(=O)(=O)c1ccc(CC(/C(=N/OCCCCC(=O)O)c2ccc(F)cc2)n2ccnc2)cc1. The van der Waals surface area contributed by atoms with E-state index in [1.54, 1.807) is 55.1 Å². The number of aromatic nitrogens is 2. The van der Waals surface area contributed by atoms with Gasteiger partial charge in [0.25, 0.3) is 0 Å². The molecule has 1 heterocycles. The number of hydrogen-bond acceptors (Lipinski definition) is 6. The van der Waals surface area contributed by atoms with Crippen molar-refractivity contribution in [2.75, 3.05) is 12.9 Å². The molecule has 0 amide bonds. The molecule has 0 aliphatic carbocycles. The van der Waals surface area contributed by atoms with E-state index in [2.05, 4.69) is 10.1 Å². The number of hydrogen-bond donors (Lipinski definition) is 1. The third kappa shape index (κ3) is 7.24. The number of halogens is 1. The summed E-state index contributed by atoms with van der Waals surface area (Å²) in [6.45, 7) is 0.234. The number of nitrogens with zero attached hydrogens (tertiary/aromatic N) is 3. The molecule has 3 aromatic rings. The van der Waals surface area contributed by atoms with Crippen molar-refractivity contribution in [1.29, 1.82) is 0 Å². The zero-order valence-electron chi connectivity index (χ0n) is 18.7. The van der Waals surface area contributed by atoms with Crippen LogP contribution < -0.4 is 0 Å². The van der Waals surface area contributed by atoms with E-state index in [4.69, 9.17) is 9.94 Å². The van der Waals surface area contributed by atoms with Crippen LogP contribution in [0.4, 0.5) is 4.39 Å². The summed E-state index contributed by atoms with van der Waals surface area (Å²) in [6.07, 6.45) is 7.70. The Morgan fingerprint density at radius 1 is 1.15 bits per heavy atom. The van der Waals surface area contributed by atoms with Gasteiger partial charge in [-0.05, 0) is 49.1 Å². The number of rotatable bonds is 12. The molecule has 0 aliphatic heterocycles. The molecule has 0 spiro atoms. The Morgan fingerprint density at radius 2 is 1.85 bits per heavy atom. The summed E-state index contributed by atoms with van der Waals surface area (Å²) in [5.74, 6) is -1.24. The molecule has 0 saturated heterocycles. The average molecular weight is 488 g/mol. The number of benzene rings is 2. The van der Waals surface area contributed by atoms with Crippen LogP contribution >= 0.6 is 0 Å². The van der Waals surface area contributed by atoms with Gasteiger partial charge in [0.1, 0.15) is 18.1 Å². The Labute approximate surface area is 197 Å². The number of carbonyl (C=O) groups is 1. The molecule has 180 valence electrons. The van der Waals surface area contributed by atoms with Gasteiger partial charge in [0.2, 0.25) is 0 Å². The summed E-state index contributed by atoms with van der Waals surface area (Å²) < 4.78 is 39.0. The van der Waals surface area contributed by atoms with Crippen LogP contribution in [0, 0.1) is 5.82 Å². The van der Waals surface area contributed by atoms with E-state index in [9.17, 15) is 17.6 Å². The topological polar surface area (TPSA) is 111 Å². The lowest BCUT2D eigenvalue weighted by Gasteiger charge is -2.21. The van der Waals surface area contributed by atoms with Crippen LogP contribution in [0.15, 0.2) is 77.3 Å². The van der Waals surface area contributed by atoms with Gasteiger partial charge in [-0.2, -0.15) is 0 Å². The molecular formula is C24H26FN3O5S. The number of imidazole rings is 1. The lowest BCUT2D eigenvalue weighted by molar-refractivity contribution is -0.137. The van der Waals surface area contributed by atoms with E-state index in [-0.39, 0.29) is 29.8 Å². The van der Waals surface area contributed by atoms with Gasteiger partial charge in [0.05, 0.1) is 17.3 Å². The summed E-state index contributed by atoms with van der Waals surface area (Å²) in [4.78, 5) is 20.6. The van der Waals surface area contributed by atoms with E-state index >= 15 is 0 Å². The maximum absolute atomic E-state index is 13.6. The highest BCUT2D eigenvalue weighted by atomic mass is 32.2. The Bertz CT molecular complexity index is 1210. The summed E-state index contributed by atoms with van der Waals surface area (Å²) in [7, 11) is -3.31. The van der Waals surface area contributed by atoms with E-state index < -0.39 is 15.8 Å². The molecule has 0 saturated carbocycles. The predicted octanol–water partition coefficient (Wildman–Crippen LogP) is 3.89. The van der Waals surface area contributed by atoms with Gasteiger partial charge in [-0.25, -0.2) is 17.8 Å². The van der Waals surface area contributed by atoms with Crippen LogP contribution in [0.3, 0.4) is 0 Å². The molecule has 10 heteroatoms. The number of oxime groups is 1. The van der Waals surface area contributed by atoms with Crippen molar-refractivity contribution in [2.24, 2.45) is 5.16 Å². The summed E-state index contributed by atoms with van der Waals surface area (Å²) >= 11 is 0. The summed E-state index contributed by atoms with van der Waals surface area (Å²) in [5.41, 5.74) is 2.05. The fourth-order valence-corrected chi connectivity index (χ4v) is 4.01. The molecule has 1 unspecified atom stereocenters. The lowest BCUT2D eigenvalue weighted by atomic mass is 9.96. The standard InChI is InChI=1S/C24H26FN3O5S/c1-34(31,32)21-11-5-18(6-12-21)16-22(28-14-13-26-17-28)24(19-7-9-20(25)10-8-19)27-33-15-3-2-4-23(29)30/h5-14,17,22H,2-4,15-16H2,1H3,(H,29,30)/b27-24+. The minimum absolute atomic E-state index is 0.0546. The van der Waals surface area contributed by atoms with Crippen LogP contribution in [0.1, 0.15) is 36.4 Å². The molecule has 34 heavy (non-hydrogen) atoms. The summed E-state index contributed by atoms with van der Waals surface area (Å²) in [6, 6.07) is 12.1. The highest BCUT2D eigenvalue weighted by molar-refractivity contribution is 7.90. The second kappa shape index (κ2) is 11.6. The van der Waals surface area contributed by atoms with Gasteiger partial charge in [-0.1, -0.05) is 29.4 Å². The molecule has 1 aromatic heterocycles. The maximum atomic E-state index is 13.6. The van der Waals surface area contributed by atoms with Crippen molar-refractivity contribution in [3.63, 3.8) is 0 Å². The number of sulfone groups is 1. The van der Waals surface area contributed by atoms with Crippen LogP contribution in [0.2, 0.25) is 0 Å². The van der Waals surface area contributed by atoms with Gasteiger partial charge >= 0.3 is 5.97 Å². The zero-order valence-corrected chi connectivity index (χ0v) is 19.5. The van der Waals surface area contributed by atoms with Crippen LogP contribution in [0.25, 0.3) is 0 Å². The van der Waals surface area contributed by atoms with Crippen LogP contribution in [0.5, 0.6) is 0 Å². The molecule has 3 rings (SSSR count). The molecular weight excluding hydrogens is 461 g/mol. The molecule has 8 nitrogen and oxygen atoms in total.